The first kappa shape index (κ1) is 12.7. The zero-order chi connectivity index (χ0) is 13.4. The maximum absolute atomic E-state index is 3.74. The van der Waals surface area contributed by atoms with Gasteiger partial charge in [-0.3, -0.25) is 0 Å². The van der Waals surface area contributed by atoms with Gasteiger partial charge in [-0.15, -0.1) is 0 Å². The van der Waals surface area contributed by atoms with Gasteiger partial charge in [0, 0.05) is 10.2 Å². The van der Waals surface area contributed by atoms with E-state index in [1.807, 2.05) is 0 Å². The molecule has 0 fully saturated rings. The van der Waals surface area contributed by atoms with E-state index < -0.39 is 0 Å². The van der Waals surface area contributed by atoms with Crippen molar-refractivity contribution in [3.8, 4) is 0 Å². The summed E-state index contributed by atoms with van der Waals surface area (Å²) in [4.78, 5) is 0. The summed E-state index contributed by atoms with van der Waals surface area (Å²) in [6.07, 6.45) is 2.37. The van der Waals surface area contributed by atoms with E-state index in [1.165, 1.54) is 40.8 Å². The van der Waals surface area contributed by atoms with Crippen LogP contribution in [0.3, 0.4) is 0 Å². The van der Waals surface area contributed by atoms with Gasteiger partial charge in [0.25, 0.3) is 0 Å². The predicted octanol–water partition coefficient (Wildman–Crippen LogP) is 5.17. The lowest BCUT2D eigenvalue weighted by atomic mass is 10.1. The van der Waals surface area contributed by atoms with Crippen molar-refractivity contribution in [2.45, 2.75) is 32.7 Å². The lowest BCUT2D eigenvalue weighted by Crippen LogP contribution is -2.09. The molecule has 1 nitrogen and oxygen atoms in total. The molecule has 0 saturated carbocycles. The fourth-order valence-electron chi connectivity index (χ4n) is 3.02. The summed E-state index contributed by atoms with van der Waals surface area (Å²) in [6.45, 7) is 4.34. The fourth-order valence-corrected chi connectivity index (χ4v) is 3.71. The fraction of sp³-hybridized carbons (Fsp3) is 0.294. The minimum Gasteiger partial charge on any atom is -0.378 e. The monoisotopic (exact) mass is 315 g/mol. The van der Waals surface area contributed by atoms with Gasteiger partial charge in [0.2, 0.25) is 0 Å². The number of benzene rings is 2. The molecule has 1 N–H and O–H groups in total. The summed E-state index contributed by atoms with van der Waals surface area (Å²) in [6, 6.07) is 13.6. The van der Waals surface area contributed by atoms with Gasteiger partial charge in [-0.2, -0.15) is 0 Å². The average molecular weight is 316 g/mol. The second-order valence-electron chi connectivity index (χ2n) is 5.35. The molecule has 98 valence electrons. The standard InChI is InChI=1S/C17H18BrN/c1-11-9-14(18)10-12(2)17(11)19-16-8-7-13-5-3-4-6-15(13)16/h3-6,9-10,16,19H,7-8H2,1-2H3. The van der Waals surface area contributed by atoms with Gasteiger partial charge in [0.1, 0.15) is 0 Å². The van der Waals surface area contributed by atoms with Crippen LogP contribution < -0.4 is 5.32 Å². The molecule has 2 aromatic rings. The molecule has 0 radical (unpaired) electrons. The largest absolute Gasteiger partial charge is 0.378 e. The van der Waals surface area contributed by atoms with Crippen molar-refractivity contribution in [3.05, 3.63) is 63.1 Å². The molecule has 1 atom stereocenters. The molecule has 0 spiro atoms. The molecule has 1 aliphatic carbocycles. The van der Waals surface area contributed by atoms with Crippen molar-refractivity contribution < 1.29 is 0 Å². The molecule has 0 amide bonds. The van der Waals surface area contributed by atoms with Gasteiger partial charge >= 0.3 is 0 Å². The van der Waals surface area contributed by atoms with E-state index >= 15 is 0 Å². The highest BCUT2D eigenvalue weighted by molar-refractivity contribution is 9.10. The number of fused-ring (bicyclic) bond motifs is 1. The molecule has 1 aliphatic rings. The van der Waals surface area contributed by atoms with Crippen LogP contribution in [0, 0.1) is 13.8 Å². The molecule has 1 unspecified atom stereocenters. The second kappa shape index (κ2) is 5.01. The summed E-state index contributed by atoms with van der Waals surface area (Å²) in [7, 11) is 0. The van der Waals surface area contributed by atoms with E-state index in [2.05, 4.69) is 71.5 Å². The van der Waals surface area contributed by atoms with Crippen LogP contribution >= 0.6 is 15.9 Å². The maximum Gasteiger partial charge on any atom is 0.0519 e. The van der Waals surface area contributed by atoms with Gasteiger partial charge in [-0.25, -0.2) is 0 Å². The van der Waals surface area contributed by atoms with E-state index in [4.69, 9.17) is 0 Å². The lowest BCUT2D eigenvalue weighted by molar-refractivity contribution is 0.760. The Morgan fingerprint density at radius 3 is 2.53 bits per heavy atom. The molecule has 0 aliphatic heterocycles. The molecule has 2 aromatic carbocycles. The lowest BCUT2D eigenvalue weighted by Gasteiger charge is -2.19. The Balaban J connectivity index is 1.92. The number of halogens is 1. The van der Waals surface area contributed by atoms with E-state index in [9.17, 15) is 0 Å². The first-order chi connectivity index (χ1) is 9.15. The van der Waals surface area contributed by atoms with Crippen molar-refractivity contribution in [1.82, 2.24) is 0 Å². The zero-order valence-corrected chi connectivity index (χ0v) is 12.9. The summed E-state index contributed by atoms with van der Waals surface area (Å²) >= 11 is 3.56. The van der Waals surface area contributed by atoms with Crippen LogP contribution in [0.5, 0.6) is 0 Å². The van der Waals surface area contributed by atoms with Crippen molar-refractivity contribution in [2.24, 2.45) is 0 Å². The minimum absolute atomic E-state index is 0.453. The summed E-state index contributed by atoms with van der Waals surface area (Å²) in [5.74, 6) is 0. The van der Waals surface area contributed by atoms with Gasteiger partial charge < -0.3 is 5.32 Å². The Labute approximate surface area is 123 Å². The third-order valence-electron chi connectivity index (χ3n) is 3.95. The second-order valence-corrected chi connectivity index (χ2v) is 6.26. The number of anilines is 1. The topological polar surface area (TPSA) is 12.0 Å². The van der Waals surface area contributed by atoms with E-state index in [0.29, 0.717) is 6.04 Å². The number of nitrogens with one attached hydrogen (secondary N) is 1. The molecular formula is C17H18BrN. The van der Waals surface area contributed by atoms with Crippen LogP contribution in [0.1, 0.15) is 34.7 Å². The van der Waals surface area contributed by atoms with Crippen molar-refractivity contribution in [3.63, 3.8) is 0 Å². The Morgan fingerprint density at radius 1 is 1.11 bits per heavy atom. The Kier molecular flexibility index (Phi) is 3.36. The maximum atomic E-state index is 3.74. The van der Waals surface area contributed by atoms with E-state index in [0.717, 1.165) is 4.47 Å². The zero-order valence-electron chi connectivity index (χ0n) is 11.3. The highest BCUT2D eigenvalue weighted by Gasteiger charge is 2.22. The van der Waals surface area contributed by atoms with E-state index in [1.54, 1.807) is 0 Å². The number of hydrogen-bond acceptors (Lipinski definition) is 1. The third kappa shape index (κ3) is 2.42. The van der Waals surface area contributed by atoms with Crippen molar-refractivity contribution >= 4 is 21.6 Å². The first-order valence-electron chi connectivity index (χ1n) is 6.76. The SMILES string of the molecule is Cc1cc(Br)cc(C)c1NC1CCc2ccccc21. The average Bonchev–Trinajstić information content (AvgIpc) is 2.77. The third-order valence-corrected chi connectivity index (χ3v) is 4.41. The molecule has 0 saturated heterocycles. The van der Waals surface area contributed by atoms with Gasteiger partial charge in [0.15, 0.2) is 0 Å². The Bertz CT molecular complexity index is 595. The number of rotatable bonds is 2. The smallest absolute Gasteiger partial charge is 0.0519 e. The Hall–Kier alpha value is -1.28. The van der Waals surface area contributed by atoms with Crippen LogP contribution in [-0.4, -0.2) is 0 Å². The quantitative estimate of drug-likeness (QED) is 0.806. The number of hydrogen-bond donors (Lipinski definition) is 1. The summed E-state index contributed by atoms with van der Waals surface area (Å²) in [5, 5.41) is 3.74. The predicted molar refractivity (Wildman–Crippen MR) is 84.7 cm³/mol. The molecule has 2 heteroatoms. The summed E-state index contributed by atoms with van der Waals surface area (Å²) < 4.78 is 1.15. The minimum atomic E-state index is 0.453. The van der Waals surface area contributed by atoms with Gasteiger partial charge in [-0.05, 0) is 61.1 Å². The van der Waals surface area contributed by atoms with Crippen molar-refractivity contribution in [2.75, 3.05) is 5.32 Å². The van der Waals surface area contributed by atoms with Crippen LogP contribution in [0.25, 0.3) is 0 Å². The van der Waals surface area contributed by atoms with Gasteiger partial charge in [0.05, 0.1) is 6.04 Å². The normalized spacial score (nSPS) is 17.3. The van der Waals surface area contributed by atoms with Crippen molar-refractivity contribution in [1.29, 1.82) is 0 Å². The highest BCUT2D eigenvalue weighted by Crippen LogP contribution is 2.36. The Morgan fingerprint density at radius 2 is 1.79 bits per heavy atom. The highest BCUT2D eigenvalue weighted by atomic mass is 79.9. The van der Waals surface area contributed by atoms with Crippen LogP contribution in [0.2, 0.25) is 0 Å². The molecular weight excluding hydrogens is 298 g/mol. The van der Waals surface area contributed by atoms with Crippen LogP contribution in [0.4, 0.5) is 5.69 Å². The molecule has 19 heavy (non-hydrogen) atoms. The molecule has 0 heterocycles. The van der Waals surface area contributed by atoms with Crippen LogP contribution in [0.15, 0.2) is 40.9 Å². The van der Waals surface area contributed by atoms with Gasteiger partial charge in [-0.1, -0.05) is 40.2 Å². The molecule has 0 bridgehead atoms. The molecule has 0 aromatic heterocycles. The summed E-state index contributed by atoms with van der Waals surface area (Å²) in [5.41, 5.74) is 6.84. The van der Waals surface area contributed by atoms with E-state index in [-0.39, 0.29) is 0 Å². The first-order valence-corrected chi connectivity index (χ1v) is 7.55. The molecule has 3 rings (SSSR count). The number of aryl methyl sites for hydroxylation is 3. The van der Waals surface area contributed by atoms with Crippen LogP contribution in [-0.2, 0) is 6.42 Å².